The maximum Gasteiger partial charge on any atom is 0.311 e. The lowest BCUT2D eigenvalue weighted by Crippen LogP contribution is -2.43. The Morgan fingerprint density at radius 2 is 2.00 bits per heavy atom. The Balaban J connectivity index is 2.13. The lowest BCUT2D eigenvalue weighted by atomic mass is 9.60. The Bertz CT molecular complexity index is 716. The minimum Gasteiger partial charge on any atom is -0.497 e. The molecule has 23 heavy (non-hydrogen) atoms. The van der Waals surface area contributed by atoms with E-state index < -0.39 is 17.3 Å². The van der Waals surface area contributed by atoms with E-state index in [1.807, 2.05) is 18.2 Å². The third-order valence-corrected chi connectivity index (χ3v) is 5.62. The van der Waals surface area contributed by atoms with Gasteiger partial charge in [0.2, 0.25) is 0 Å². The van der Waals surface area contributed by atoms with Gasteiger partial charge in [-0.1, -0.05) is 18.6 Å². The molecule has 0 bridgehead atoms. The van der Waals surface area contributed by atoms with E-state index in [1.54, 1.807) is 14.0 Å². The van der Waals surface area contributed by atoms with Crippen molar-refractivity contribution in [1.29, 1.82) is 0 Å². The summed E-state index contributed by atoms with van der Waals surface area (Å²) in [5.41, 5.74) is 3.61. The van der Waals surface area contributed by atoms with Gasteiger partial charge in [-0.25, -0.2) is 0 Å². The van der Waals surface area contributed by atoms with E-state index in [1.165, 1.54) is 12.5 Å². The number of methoxy groups -OCH3 is 1. The highest BCUT2D eigenvalue weighted by Crippen LogP contribution is 2.51. The quantitative estimate of drug-likeness (QED) is 0.927. The number of benzene rings is 1. The number of carboxylic acid groups (broad SMARTS) is 1. The molecule has 122 valence electrons. The van der Waals surface area contributed by atoms with Crippen molar-refractivity contribution in [3.63, 3.8) is 0 Å². The van der Waals surface area contributed by atoms with E-state index in [4.69, 9.17) is 4.74 Å². The van der Waals surface area contributed by atoms with Crippen LogP contribution in [0.15, 0.2) is 23.8 Å². The molecule has 1 aromatic carbocycles. The number of fused-ring (bicyclic) bond motifs is 2. The van der Waals surface area contributed by atoms with Crippen LogP contribution in [0.3, 0.4) is 0 Å². The van der Waals surface area contributed by atoms with Crippen molar-refractivity contribution in [3.05, 3.63) is 34.9 Å². The van der Waals surface area contributed by atoms with E-state index in [-0.39, 0.29) is 5.78 Å². The normalized spacial score (nSPS) is 26.3. The van der Waals surface area contributed by atoms with E-state index in [0.29, 0.717) is 12.8 Å². The standard InChI is InChI=1S/C19H22O4/c1-11(20)19(2)9-8-15-14-7-5-13(23-3)10-12(14)4-6-16(15)17(19)18(21)22/h5,7,10,17H,4,6,8-9H2,1-3H3,(H,21,22)/t17-,19-/m1/s1. The summed E-state index contributed by atoms with van der Waals surface area (Å²) in [5, 5.41) is 9.79. The number of ketones is 1. The van der Waals surface area contributed by atoms with Gasteiger partial charge in [-0.3, -0.25) is 9.59 Å². The smallest absolute Gasteiger partial charge is 0.311 e. The molecule has 0 heterocycles. The maximum absolute atomic E-state index is 12.1. The van der Waals surface area contributed by atoms with Crippen LogP contribution in [0.5, 0.6) is 5.75 Å². The molecule has 0 saturated carbocycles. The summed E-state index contributed by atoms with van der Waals surface area (Å²) in [7, 11) is 1.65. The lowest BCUT2D eigenvalue weighted by molar-refractivity contribution is -0.149. The summed E-state index contributed by atoms with van der Waals surface area (Å²) in [6, 6.07) is 5.98. The number of carbonyl (C=O) groups excluding carboxylic acids is 1. The molecule has 0 aromatic heterocycles. The highest BCUT2D eigenvalue weighted by atomic mass is 16.5. The first kappa shape index (κ1) is 15.8. The summed E-state index contributed by atoms with van der Waals surface area (Å²) in [6.07, 6.45) is 2.84. The number of rotatable bonds is 3. The molecule has 1 N–H and O–H groups in total. The number of carboxylic acids is 1. The van der Waals surface area contributed by atoms with Crippen LogP contribution in [0.25, 0.3) is 5.57 Å². The van der Waals surface area contributed by atoms with Gasteiger partial charge in [-0.15, -0.1) is 0 Å². The molecule has 0 radical (unpaired) electrons. The van der Waals surface area contributed by atoms with Crippen LogP contribution >= 0.6 is 0 Å². The van der Waals surface area contributed by atoms with Crippen LogP contribution in [0.1, 0.15) is 44.2 Å². The van der Waals surface area contributed by atoms with Crippen LogP contribution in [-0.4, -0.2) is 24.0 Å². The molecule has 0 saturated heterocycles. The topological polar surface area (TPSA) is 63.6 Å². The van der Waals surface area contributed by atoms with E-state index in [2.05, 4.69) is 0 Å². The van der Waals surface area contributed by atoms with Gasteiger partial charge in [-0.2, -0.15) is 0 Å². The van der Waals surface area contributed by atoms with Crippen molar-refractivity contribution in [2.24, 2.45) is 11.3 Å². The average molecular weight is 314 g/mol. The minimum atomic E-state index is -0.883. The number of Topliss-reactive ketones (excluding diaryl/α,β-unsaturated/α-hetero) is 1. The first-order valence-electron chi connectivity index (χ1n) is 8.01. The summed E-state index contributed by atoms with van der Waals surface area (Å²) < 4.78 is 5.29. The van der Waals surface area contributed by atoms with Gasteiger partial charge >= 0.3 is 5.97 Å². The molecule has 4 heteroatoms. The summed E-state index contributed by atoms with van der Waals surface area (Å²) in [6.45, 7) is 3.32. The molecule has 2 aliphatic rings. The number of ether oxygens (including phenoxy) is 1. The molecule has 0 spiro atoms. The SMILES string of the molecule is COc1ccc2c(c1)CCC1=C2CC[C@](C)(C(C)=O)[C@H]1C(=O)O. The van der Waals surface area contributed by atoms with Gasteiger partial charge in [0.25, 0.3) is 0 Å². The van der Waals surface area contributed by atoms with Gasteiger partial charge in [0.1, 0.15) is 11.5 Å². The lowest BCUT2D eigenvalue weighted by Gasteiger charge is -2.42. The number of aryl methyl sites for hydroxylation is 1. The highest BCUT2D eigenvalue weighted by molar-refractivity contribution is 5.93. The monoisotopic (exact) mass is 314 g/mol. The van der Waals surface area contributed by atoms with Crippen molar-refractivity contribution >= 4 is 17.3 Å². The number of hydrogen-bond acceptors (Lipinski definition) is 3. The van der Waals surface area contributed by atoms with E-state index in [0.717, 1.165) is 35.3 Å². The molecular formula is C19H22O4. The molecule has 2 aliphatic carbocycles. The first-order chi connectivity index (χ1) is 10.9. The fourth-order valence-corrected chi connectivity index (χ4v) is 4.12. The van der Waals surface area contributed by atoms with Crippen LogP contribution in [0.4, 0.5) is 0 Å². The van der Waals surface area contributed by atoms with Crippen LogP contribution in [0.2, 0.25) is 0 Å². The molecule has 3 rings (SSSR count). The second-order valence-corrected chi connectivity index (χ2v) is 6.77. The number of carbonyl (C=O) groups is 2. The summed E-state index contributed by atoms with van der Waals surface area (Å²) in [5.74, 6) is -0.796. The molecule has 0 amide bonds. The molecule has 2 atom stereocenters. The number of aliphatic carboxylic acids is 1. The zero-order chi connectivity index (χ0) is 16.8. The van der Waals surface area contributed by atoms with E-state index in [9.17, 15) is 14.7 Å². The van der Waals surface area contributed by atoms with Gasteiger partial charge in [0, 0.05) is 5.41 Å². The fraction of sp³-hybridized carbons (Fsp3) is 0.474. The van der Waals surface area contributed by atoms with Gasteiger partial charge in [0.05, 0.1) is 13.0 Å². The molecule has 4 nitrogen and oxygen atoms in total. The van der Waals surface area contributed by atoms with Crippen LogP contribution in [0, 0.1) is 11.3 Å². The minimum absolute atomic E-state index is 0.0306. The predicted molar refractivity (Wildman–Crippen MR) is 87.4 cm³/mol. The second kappa shape index (κ2) is 5.52. The average Bonchev–Trinajstić information content (AvgIpc) is 2.53. The Morgan fingerprint density at radius 1 is 1.26 bits per heavy atom. The van der Waals surface area contributed by atoms with Gasteiger partial charge < -0.3 is 9.84 Å². The molecule has 0 unspecified atom stereocenters. The van der Waals surface area contributed by atoms with Crippen LogP contribution < -0.4 is 4.74 Å². The van der Waals surface area contributed by atoms with Crippen molar-refractivity contribution in [3.8, 4) is 5.75 Å². The van der Waals surface area contributed by atoms with Crippen molar-refractivity contribution in [1.82, 2.24) is 0 Å². The third-order valence-electron chi connectivity index (χ3n) is 5.62. The maximum atomic E-state index is 12.1. The Kier molecular flexibility index (Phi) is 3.78. The van der Waals surface area contributed by atoms with Crippen molar-refractivity contribution in [2.45, 2.75) is 39.5 Å². The van der Waals surface area contributed by atoms with Crippen molar-refractivity contribution < 1.29 is 19.4 Å². The van der Waals surface area contributed by atoms with Gasteiger partial charge in [-0.05, 0) is 61.4 Å². The Hall–Kier alpha value is -2.10. The Labute approximate surface area is 136 Å². The Morgan fingerprint density at radius 3 is 2.61 bits per heavy atom. The summed E-state index contributed by atoms with van der Waals surface area (Å²) in [4.78, 5) is 24.1. The molecule has 0 aliphatic heterocycles. The second-order valence-electron chi connectivity index (χ2n) is 6.77. The number of hydrogen-bond donors (Lipinski definition) is 1. The van der Waals surface area contributed by atoms with Crippen molar-refractivity contribution in [2.75, 3.05) is 7.11 Å². The predicted octanol–water partition coefficient (Wildman–Crippen LogP) is 3.48. The molecular weight excluding hydrogens is 292 g/mol. The van der Waals surface area contributed by atoms with Crippen LogP contribution in [-0.2, 0) is 16.0 Å². The first-order valence-corrected chi connectivity index (χ1v) is 8.01. The molecule has 0 fully saturated rings. The van der Waals surface area contributed by atoms with Gasteiger partial charge in [0.15, 0.2) is 0 Å². The zero-order valence-corrected chi connectivity index (χ0v) is 13.8. The zero-order valence-electron chi connectivity index (χ0n) is 13.8. The summed E-state index contributed by atoms with van der Waals surface area (Å²) >= 11 is 0. The largest absolute Gasteiger partial charge is 0.497 e. The number of allylic oxidation sites excluding steroid dienone is 1. The molecule has 1 aromatic rings. The highest BCUT2D eigenvalue weighted by Gasteiger charge is 2.49. The fourth-order valence-electron chi connectivity index (χ4n) is 4.12. The third kappa shape index (κ3) is 2.37. The van der Waals surface area contributed by atoms with E-state index >= 15 is 0 Å².